The molecule has 2 aliphatic heterocycles. The third kappa shape index (κ3) is 4.63. The Labute approximate surface area is 203 Å². The van der Waals surface area contributed by atoms with E-state index >= 15 is 0 Å². The second-order valence-corrected chi connectivity index (χ2v) is 8.40. The van der Waals surface area contributed by atoms with Gasteiger partial charge in [-0.2, -0.15) is 0 Å². The minimum absolute atomic E-state index is 0.171. The third-order valence-corrected chi connectivity index (χ3v) is 6.19. The maximum atomic E-state index is 13.0. The highest BCUT2D eigenvalue weighted by molar-refractivity contribution is 6.15. The highest BCUT2D eigenvalue weighted by Crippen LogP contribution is 2.42. The first-order valence-corrected chi connectivity index (χ1v) is 11.3. The van der Waals surface area contributed by atoms with Crippen molar-refractivity contribution < 1.29 is 28.5 Å². The molecular formula is C28H25NO6. The number of carbonyl (C=O) groups excluding carboxylic acids is 2. The van der Waals surface area contributed by atoms with E-state index in [0.717, 1.165) is 35.6 Å². The van der Waals surface area contributed by atoms with Crippen LogP contribution in [0.4, 0.5) is 0 Å². The first-order chi connectivity index (χ1) is 17.1. The molecule has 0 aromatic heterocycles. The summed E-state index contributed by atoms with van der Waals surface area (Å²) >= 11 is 0. The van der Waals surface area contributed by atoms with Gasteiger partial charge in [-0.1, -0.05) is 24.3 Å². The molecule has 3 aromatic carbocycles. The summed E-state index contributed by atoms with van der Waals surface area (Å²) in [6, 6.07) is 18.4. The van der Waals surface area contributed by atoms with Crippen molar-refractivity contribution in [2.45, 2.75) is 13.0 Å². The number of benzene rings is 3. The van der Waals surface area contributed by atoms with Gasteiger partial charge in [0.25, 0.3) is 0 Å². The zero-order valence-electron chi connectivity index (χ0n) is 19.6. The van der Waals surface area contributed by atoms with E-state index in [1.807, 2.05) is 18.2 Å². The van der Waals surface area contributed by atoms with E-state index in [2.05, 4.69) is 17.0 Å². The molecule has 3 aromatic rings. The van der Waals surface area contributed by atoms with Crippen molar-refractivity contribution >= 4 is 17.8 Å². The standard InChI is InChI=1S/C28H25NO6/c1-32-21-9-5-18(6-10-21)13-14-29-16-23-24(34-17-29)12-11-22-26(30)25(35-27(22)23)15-19-3-7-20(8-4-19)28(31)33-2/h3-12,15H,13-14,16-17H2,1-2H3/b25-15-. The Morgan fingerprint density at radius 3 is 2.51 bits per heavy atom. The van der Waals surface area contributed by atoms with Gasteiger partial charge in [0.05, 0.1) is 30.9 Å². The smallest absolute Gasteiger partial charge is 0.337 e. The molecule has 0 radical (unpaired) electrons. The number of nitrogens with zero attached hydrogens (tertiary/aromatic N) is 1. The fraction of sp³-hybridized carbons (Fsp3) is 0.214. The number of hydrogen-bond donors (Lipinski definition) is 0. The summed E-state index contributed by atoms with van der Waals surface area (Å²) in [4.78, 5) is 26.9. The number of ether oxygens (including phenoxy) is 4. The van der Waals surface area contributed by atoms with Crippen molar-refractivity contribution in [3.8, 4) is 17.2 Å². The Hall–Kier alpha value is -4.10. The van der Waals surface area contributed by atoms with Gasteiger partial charge in [0.15, 0.2) is 5.76 Å². The Kier molecular flexibility index (Phi) is 6.25. The molecule has 0 amide bonds. The topological polar surface area (TPSA) is 74.3 Å². The predicted molar refractivity (Wildman–Crippen MR) is 130 cm³/mol. The number of fused-ring (bicyclic) bond motifs is 3. The predicted octanol–water partition coefficient (Wildman–Crippen LogP) is 4.49. The van der Waals surface area contributed by atoms with Crippen molar-refractivity contribution in [1.82, 2.24) is 4.90 Å². The molecule has 178 valence electrons. The van der Waals surface area contributed by atoms with Gasteiger partial charge in [-0.05, 0) is 60.0 Å². The van der Waals surface area contributed by atoms with E-state index in [9.17, 15) is 9.59 Å². The van der Waals surface area contributed by atoms with E-state index in [-0.39, 0.29) is 11.5 Å². The van der Waals surface area contributed by atoms with Crippen LogP contribution in [0.2, 0.25) is 0 Å². The SMILES string of the molecule is COC(=O)c1ccc(/C=C2\Oc3c(ccc4c3CN(CCc3ccc(OC)cc3)CO4)C2=O)cc1. The Morgan fingerprint density at radius 2 is 1.80 bits per heavy atom. The first kappa shape index (κ1) is 22.7. The van der Waals surface area contributed by atoms with Crippen LogP contribution in [0, 0.1) is 0 Å². The molecule has 2 heterocycles. The molecule has 0 saturated carbocycles. The van der Waals surface area contributed by atoms with E-state index in [1.54, 1.807) is 43.5 Å². The van der Waals surface area contributed by atoms with Crippen molar-refractivity contribution in [2.75, 3.05) is 27.5 Å². The largest absolute Gasteiger partial charge is 0.497 e. The third-order valence-electron chi connectivity index (χ3n) is 6.19. The van der Waals surface area contributed by atoms with E-state index in [0.29, 0.717) is 30.2 Å². The molecule has 5 rings (SSSR count). The molecule has 0 unspecified atom stereocenters. The average Bonchev–Trinajstić information content (AvgIpc) is 3.23. The molecule has 35 heavy (non-hydrogen) atoms. The molecule has 7 nitrogen and oxygen atoms in total. The minimum Gasteiger partial charge on any atom is -0.497 e. The van der Waals surface area contributed by atoms with Gasteiger partial charge in [-0.25, -0.2) is 4.79 Å². The van der Waals surface area contributed by atoms with Crippen LogP contribution in [0.5, 0.6) is 17.2 Å². The number of methoxy groups -OCH3 is 2. The highest BCUT2D eigenvalue weighted by Gasteiger charge is 2.33. The minimum atomic E-state index is -0.409. The van der Waals surface area contributed by atoms with Crippen molar-refractivity contribution in [1.29, 1.82) is 0 Å². The molecule has 0 bridgehead atoms. The lowest BCUT2D eigenvalue weighted by Gasteiger charge is -2.29. The highest BCUT2D eigenvalue weighted by atomic mass is 16.5. The maximum Gasteiger partial charge on any atom is 0.337 e. The Bertz CT molecular complexity index is 1290. The maximum absolute atomic E-state index is 13.0. The summed E-state index contributed by atoms with van der Waals surface area (Å²) in [5, 5.41) is 0. The van der Waals surface area contributed by atoms with Crippen LogP contribution in [0.1, 0.15) is 37.4 Å². The Balaban J connectivity index is 1.31. The average molecular weight is 472 g/mol. The molecule has 2 aliphatic rings. The zero-order chi connectivity index (χ0) is 24.4. The molecule has 0 aliphatic carbocycles. The Morgan fingerprint density at radius 1 is 1.03 bits per heavy atom. The first-order valence-electron chi connectivity index (χ1n) is 11.3. The lowest BCUT2D eigenvalue weighted by molar-refractivity contribution is 0.0600. The summed E-state index contributed by atoms with van der Waals surface area (Å²) < 4.78 is 22.0. The van der Waals surface area contributed by atoms with E-state index < -0.39 is 5.97 Å². The molecule has 0 fully saturated rings. The summed E-state index contributed by atoms with van der Waals surface area (Å²) in [7, 11) is 3.00. The number of ketones is 1. The number of hydrogen-bond acceptors (Lipinski definition) is 7. The van der Waals surface area contributed by atoms with E-state index in [4.69, 9.17) is 18.9 Å². The van der Waals surface area contributed by atoms with Crippen LogP contribution in [-0.2, 0) is 17.7 Å². The summed E-state index contributed by atoms with van der Waals surface area (Å²) in [6.07, 6.45) is 2.55. The summed E-state index contributed by atoms with van der Waals surface area (Å²) in [5.74, 6) is 1.79. The van der Waals surface area contributed by atoms with Gasteiger partial charge in [0.2, 0.25) is 5.78 Å². The number of carbonyl (C=O) groups is 2. The van der Waals surface area contributed by atoms with Crippen LogP contribution in [0.15, 0.2) is 66.4 Å². The van der Waals surface area contributed by atoms with Gasteiger partial charge in [-0.3, -0.25) is 9.69 Å². The van der Waals surface area contributed by atoms with Crippen LogP contribution >= 0.6 is 0 Å². The number of Topliss-reactive ketones (excluding diaryl/α,β-unsaturated/α-hetero) is 1. The van der Waals surface area contributed by atoms with Crippen LogP contribution in [-0.4, -0.2) is 44.1 Å². The van der Waals surface area contributed by atoms with Gasteiger partial charge >= 0.3 is 5.97 Å². The number of esters is 1. The van der Waals surface area contributed by atoms with E-state index in [1.165, 1.54) is 12.7 Å². The monoisotopic (exact) mass is 471 g/mol. The fourth-order valence-corrected chi connectivity index (χ4v) is 4.21. The fourth-order valence-electron chi connectivity index (χ4n) is 4.21. The number of rotatable bonds is 6. The molecule has 0 saturated heterocycles. The number of allylic oxidation sites excluding steroid dienone is 1. The summed E-state index contributed by atoms with van der Waals surface area (Å²) in [5.41, 5.74) is 3.81. The van der Waals surface area contributed by atoms with Gasteiger partial charge in [-0.15, -0.1) is 0 Å². The van der Waals surface area contributed by atoms with Crippen molar-refractivity contribution in [3.63, 3.8) is 0 Å². The molecule has 0 atom stereocenters. The second-order valence-electron chi connectivity index (χ2n) is 8.40. The zero-order valence-corrected chi connectivity index (χ0v) is 19.6. The van der Waals surface area contributed by atoms with Crippen LogP contribution in [0.3, 0.4) is 0 Å². The second kappa shape index (κ2) is 9.64. The molecule has 7 heteroatoms. The van der Waals surface area contributed by atoms with Gasteiger partial charge < -0.3 is 18.9 Å². The van der Waals surface area contributed by atoms with Crippen molar-refractivity contribution in [2.24, 2.45) is 0 Å². The lowest BCUT2D eigenvalue weighted by atomic mass is 10.0. The molecular weight excluding hydrogens is 446 g/mol. The molecule has 0 spiro atoms. The molecule has 0 N–H and O–H groups in total. The quantitative estimate of drug-likeness (QED) is 0.387. The van der Waals surface area contributed by atoms with Crippen molar-refractivity contribution in [3.05, 3.63) is 94.2 Å². The van der Waals surface area contributed by atoms with Crippen LogP contribution < -0.4 is 14.2 Å². The van der Waals surface area contributed by atoms with Gasteiger partial charge in [0.1, 0.15) is 24.0 Å². The normalized spacial score (nSPS) is 15.7. The van der Waals surface area contributed by atoms with Crippen LogP contribution in [0.25, 0.3) is 6.08 Å². The lowest BCUT2D eigenvalue weighted by Crippen LogP contribution is -2.33. The van der Waals surface area contributed by atoms with Gasteiger partial charge in [0, 0.05) is 13.1 Å². The summed E-state index contributed by atoms with van der Waals surface area (Å²) in [6.45, 7) is 1.91.